The van der Waals surface area contributed by atoms with Gasteiger partial charge in [-0.05, 0) is 56.1 Å². The topological polar surface area (TPSA) is 49.8 Å². The van der Waals surface area contributed by atoms with E-state index in [0.29, 0.717) is 18.6 Å². The van der Waals surface area contributed by atoms with Crippen molar-refractivity contribution in [1.29, 1.82) is 0 Å². The minimum atomic E-state index is -0.680. The number of carbonyl (C=O) groups is 1. The van der Waals surface area contributed by atoms with Crippen LogP contribution in [0.4, 0.5) is 5.69 Å². The van der Waals surface area contributed by atoms with Gasteiger partial charge in [-0.3, -0.25) is 4.79 Å². The summed E-state index contributed by atoms with van der Waals surface area (Å²) in [6, 6.07) is 9.06. The molecular formula is C20H27NO3. The number of benzene rings is 1. The van der Waals surface area contributed by atoms with Crippen molar-refractivity contribution in [2.24, 2.45) is 17.8 Å². The van der Waals surface area contributed by atoms with Crippen molar-refractivity contribution in [1.82, 2.24) is 0 Å². The van der Waals surface area contributed by atoms with Gasteiger partial charge in [0.15, 0.2) is 0 Å². The molecule has 4 heteroatoms. The van der Waals surface area contributed by atoms with E-state index in [-0.39, 0.29) is 11.8 Å². The Kier molecular flexibility index (Phi) is 3.83. The van der Waals surface area contributed by atoms with Crippen LogP contribution in [-0.4, -0.2) is 35.9 Å². The predicted octanol–water partition coefficient (Wildman–Crippen LogP) is 3.34. The van der Waals surface area contributed by atoms with Gasteiger partial charge in [0.25, 0.3) is 0 Å². The molecule has 5 atom stereocenters. The zero-order valence-electron chi connectivity index (χ0n) is 14.6. The summed E-state index contributed by atoms with van der Waals surface area (Å²) in [5.41, 5.74) is 2.28. The number of ether oxygens (including phenoxy) is 1. The molecule has 0 radical (unpaired) electrons. The Morgan fingerprint density at radius 3 is 2.96 bits per heavy atom. The molecule has 0 saturated heterocycles. The van der Waals surface area contributed by atoms with Crippen LogP contribution in [0, 0.1) is 17.8 Å². The average Bonchev–Trinajstić information content (AvgIpc) is 2.98. The number of carboxylic acids is 1. The first-order valence-electron chi connectivity index (χ1n) is 9.28. The van der Waals surface area contributed by atoms with Crippen LogP contribution >= 0.6 is 0 Å². The van der Waals surface area contributed by atoms with Crippen LogP contribution in [0.15, 0.2) is 24.3 Å². The summed E-state index contributed by atoms with van der Waals surface area (Å²) >= 11 is 0. The van der Waals surface area contributed by atoms with Crippen molar-refractivity contribution in [3.05, 3.63) is 29.8 Å². The van der Waals surface area contributed by atoms with Gasteiger partial charge < -0.3 is 14.7 Å². The quantitative estimate of drug-likeness (QED) is 0.920. The summed E-state index contributed by atoms with van der Waals surface area (Å²) < 4.78 is 6.17. The number of nitrogens with zero attached hydrogens (tertiary/aromatic N) is 1. The van der Waals surface area contributed by atoms with Crippen molar-refractivity contribution >= 4 is 11.7 Å². The summed E-state index contributed by atoms with van der Waals surface area (Å²) in [5.74, 6) is -0.444. The summed E-state index contributed by atoms with van der Waals surface area (Å²) in [7, 11) is 0. The number of para-hydroxylation sites is 1. The molecule has 24 heavy (non-hydrogen) atoms. The van der Waals surface area contributed by atoms with Crippen molar-refractivity contribution < 1.29 is 14.6 Å². The first-order chi connectivity index (χ1) is 11.6. The fourth-order valence-electron chi connectivity index (χ4n) is 5.84. The van der Waals surface area contributed by atoms with E-state index in [0.717, 1.165) is 32.2 Å². The Morgan fingerprint density at radius 1 is 1.42 bits per heavy atom. The lowest BCUT2D eigenvalue weighted by molar-refractivity contribution is -0.195. The second-order valence-electron chi connectivity index (χ2n) is 7.72. The van der Waals surface area contributed by atoms with Gasteiger partial charge in [0.2, 0.25) is 0 Å². The van der Waals surface area contributed by atoms with Crippen LogP contribution in [0.3, 0.4) is 0 Å². The highest BCUT2D eigenvalue weighted by atomic mass is 16.5. The first kappa shape index (κ1) is 15.9. The fraction of sp³-hybridized carbons (Fsp3) is 0.650. The molecule has 3 fully saturated rings. The summed E-state index contributed by atoms with van der Waals surface area (Å²) in [5, 5.41) is 9.84. The van der Waals surface area contributed by atoms with Crippen molar-refractivity contribution in [2.45, 2.75) is 51.2 Å². The van der Waals surface area contributed by atoms with Crippen LogP contribution in [0.2, 0.25) is 0 Å². The molecule has 4 nitrogen and oxygen atoms in total. The summed E-state index contributed by atoms with van der Waals surface area (Å²) in [6.07, 6.45) is 3.91. The minimum Gasteiger partial charge on any atom is -0.481 e. The zero-order chi connectivity index (χ0) is 16.9. The van der Waals surface area contributed by atoms with E-state index in [2.05, 4.69) is 36.1 Å². The normalized spacial score (nSPS) is 37.5. The molecule has 0 spiro atoms. The molecule has 1 N–H and O–H groups in total. The van der Waals surface area contributed by atoms with Gasteiger partial charge in [0.1, 0.15) is 0 Å². The Labute approximate surface area is 143 Å². The minimum absolute atomic E-state index is 0.161. The lowest BCUT2D eigenvalue weighted by Gasteiger charge is -2.59. The van der Waals surface area contributed by atoms with Crippen LogP contribution in [0.5, 0.6) is 0 Å². The van der Waals surface area contributed by atoms with Crippen molar-refractivity contribution in [3.63, 3.8) is 0 Å². The van der Waals surface area contributed by atoms with Crippen LogP contribution in [0.25, 0.3) is 0 Å². The second kappa shape index (κ2) is 5.76. The van der Waals surface area contributed by atoms with Crippen molar-refractivity contribution in [2.75, 3.05) is 18.1 Å². The molecule has 4 aliphatic rings. The molecular weight excluding hydrogens is 302 g/mol. The number of fused-ring (bicyclic) bond motifs is 4. The number of hydrogen-bond acceptors (Lipinski definition) is 3. The maximum atomic E-state index is 12.0. The lowest BCUT2D eigenvalue weighted by atomic mass is 9.54. The number of aliphatic carboxylic acids is 1. The Hall–Kier alpha value is -1.55. The third-order valence-corrected chi connectivity index (χ3v) is 6.74. The van der Waals surface area contributed by atoms with Gasteiger partial charge in [-0.25, -0.2) is 0 Å². The predicted molar refractivity (Wildman–Crippen MR) is 93.3 cm³/mol. The van der Waals surface area contributed by atoms with E-state index in [1.54, 1.807) is 0 Å². The molecule has 1 aliphatic heterocycles. The Bertz CT molecular complexity index is 642. The zero-order valence-corrected chi connectivity index (χ0v) is 14.6. The van der Waals surface area contributed by atoms with Crippen molar-refractivity contribution in [3.8, 4) is 0 Å². The molecule has 0 unspecified atom stereocenters. The molecule has 3 aliphatic carbocycles. The third kappa shape index (κ3) is 2.19. The second-order valence-corrected chi connectivity index (χ2v) is 7.72. The van der Waals surface area contributed by atoms with Gasteiger partial charge in [0.05, 0.1) is 11.5 Å². The molecule has 5 rings (SSSR count). The SMILES string of the molecule is CCO[C@@]12CC[C@@H]([C@@H](C)[C@@H]1C(=O)O)[C@H](N1CCc3ccccc31)C2. The standard InChI is InChI=1S/C20H27NO3/c1-3-24-20-10-8-15(13(2)18(20)19(22)23)17(12-20)21-11-9-14-6-4-5-7-16(14)21/h4-7,13,15,17-18H,3,8-12H2,1-2H3,(H,22,23)/t13-,15+,17-,18-,20-/m1/s1. The molecule has 2 bridgehead atoms. The van der Waals surface area contributed by atoms with Crippen LogP contribution < -0.4 is 4.90 Å². The molecule has 130 valence electrons. The van der Waals surface area contributed by atoms with Crippen LogP contribution in [-0.2, 0) is 16.0 Å². The van der Waals surface area contributed by atoms with Gasteiger partial charge in [0, 0.05) is 24.9 Å². The Morgan fingerprint density at radius 2 is 2.21 bits per heavy atom. The van der Waals surface area contributed by atoms with E-state index in [4.69, 9.17) is 4.74 Å². The maximum Gasteiger partial charge on any atom is 0.309 e. The fourth-order valence-corrected chi connectivity index (χ4v) is 5.84. The van der Waals surface area contributed by atoms with Gasteiger partial charge in [-0.15, -0.1) is 0 Å². The van der Waals surface area contributed by atoms with E-state index >= 15 is 0 Å². The summed E-state index contributed by atoms with van der Waals surface area (Å²) in [4.78, 5) is 14.5. The van der Waals surface area contributed by atoms with E-state index in [9.17, 15) is 9.90 Å². The lowest BCUT2D eigenvalue weighted by Crippen LogP contribution is -2.65. The number of hydrogen-bond donors (Lipinski definition) is 1. The number of anilines is 1. The highest BCUT2D eigenvalue weighted by Gasteiger charge is 2.60. The summed E-state index contributed by atoms with van der Waals surface area (Å²) in [6.45, 7) is 5.75. The van der Waals surface area contributed by atoms with E-state index in [1.165, 1.54) is 11.3 Å². The smallest absolute Gasteiger partial charge is 0.309 e. The molecule has 1 aromatic carbocycles. The van der Waals surface area contributed by atoms with E-state index in [1.807, 2.05) is 6.92 Å². The molecule has 3 saturated carbocycles. The molecule has 1 heterocycles. The monoisotopic (exact) mass is 329 g/mol. The number of carboxylic acid groups (broad SMARTS) is 1. The molecule has 0 amide bonds. The largest absolute Gasteiger partial charge is 0.481 e. The first-order valence-corrected chi connectivity index (χ1v) is 9.28. The maximum absolute atomic E-state index is 12.0. The molecule has 0 aromatic heterocycles. The highest BCUT2D eigenvalue weighted by molar-refractivity contribution is 5.73. The van der Waals surface area contributed by atoms with Gasteiger partial charge >= 0.3 is 5.97 Å². The van der Waals surface area contributed by atoms with Gasteiger partial charge in [-0.2, -0.15) is 0 Å². The third-order valence-electron chi connectivity index (χ3n) is 6.74. The number of rotatable bonds is 4. The average molecular weight is 329 g/mol. The van der Waals surface area contributed by atoms with Crippen LogP contribution in [0.1, 0.15) is 38.7 Å². The Balaban J connectivity index is 1.69. The van der Waals surface area contributed by atoms with E-state index < -0.39 is 11.6 Å². The molecule has 1 aromatic rings. The highest BCUT2D eigenvalue weighted by Crippen LogP contribution is 2.55. The van der Waals surface area contributed by atoms with Gasteiger partial charge in [-0.1, -0.05) is 25.1 Å².